The summed E-state index contributed by atoms with van der Waals surface area (Å²) >= 11 is 0. The molecule has 0 fully saturated rings. The van der Waals surface area contributed by atoms with E-state index in [1.165, 1.54) is 0 Å². The van der Waals surface area contributed by atoms with Crippen LogP contribution in [0.5, 0.6) is 11.5 Å². The van der Waals surface area contributed by atoms with Crippen molar-refractivity contribution < 1.29 is 28.6 Å². The Morgan fingerprint density at radius 3 is 2.28 bits per heavy atom. The molecule has 138 valence electrons. The zero-order valence-corrected chi connectivity index (χ0v) is 14.7. The van der Waals surface area contributed by atoms with Crippen molar-refractivity contribution in [1.82, 2.24) is 10.6 Å². The van der Waals surface area contributed by atoms with Gasteiger partial charge >= 0.3 is 12.0 Å². The van der Waals surface area contributed by atoms with Gasteiger partial charge in [-0.1, -0.05) is 26.0 Å². The first-order chi connectivity index (χ1) is 11.9. The molecule has 0 bridgehead atoms. The van der Waals surface area contributed by atoms with Gasteiger partial charge in [0.15, 0.2) is 24.7 Å². The SMILES string of the molecule is CCOc1ccccc1OCC(=O)OCC(=O)NC(=O)NCC(C)C. The van der Waals surface area contributed by atoms with E-state index in [9.17, 15) is 14.4 Å². The van der Waals surface area contributed by atoms with Gasteiger partial charge in [0.25, 0.3) is 5.91 Å². The Morgan fingerprint density at radius 1 is 1.04 bits per heavy atom. The molecule has 0 aliphatic heterocycles. The van der Waals surface area contributed by atoms with Crippen LogP contribution < -0.4 is 20.1 Å². The number of carbonyl (C=O) groups is 3. The number of amides is 3. The van der Waals surface area contributed by atoms with Crippen molar-refractivity contribution in [2.24, 2.45) is 5.92 Å². The van der Waals surface area contributed by atoms with Crippen molar-refractivity contribution in [1.29, 1.82) is 0 Å². The molecule has 2 N–H and O–H groups in total. The highest BCUT2D eigenvalue weighted by Crippen LogP contribution is 2.26. The number of urea groups is 1. The van der Waals surface area contributed by atoms with Gasteiger partial charge in [-0.15, -0.1) is 0 Å². The summed E-state index contributed by atoms with van der Waals surface area (Å²) in [6.07, 6.45) is 0. The van der Waals surface area contributed by atoms with E-state index < -0.39 is 24.5 Å². The molecule has 1 aromatic rings. The van der Waals surface area contributed by atoms with E-state index in [1.54, 1.807) is 24.3 Å². The van der Waals surface area contributed by atoms with Crippen molar-refractivity contribution in [2.75, 3.05) is 26.4 Å². The second-order valence-corrected chi connectivity index (χ2v) is 5.48. The van der Waals surface area contributed by atoms with E-state index in [0.29, 0.717) is 24.7 Å². The molecule has 0 heterocycles. The summed E-state index contributed by atoms with van der Waals surface area (Å²) in [5, 5.41) is 4.58. The largest absolute Gasteiger partial charge is 0.490 e. The summed E-state index contributed by atoms with van der Waals surface area (Å²) in [6.45, 7) is 5.64. The Hall–Kier alpha value is -2.77. The van der Waals surface area contributed by atoms with Crippen LogP contribution in [0, 0.1) is 5.92 Å². The summed E-state index contributed by atoms with van der Waals surface area (Å²) in [5.74, 6) is -0.278. The predicted molar refractivity (Wildman–Crippen MR) is 90.4 cm³/mol. The molecule has 1 aromatic carbocycles. The van der Waals surface area contributed by atoms with Gasteiger partial charge < -0.3 is 19.5 Å². The molecule has 3 amide bonds. The lowest BCUT2D eigenvalue weighted by molar-refractivity contribution is -0.150. The van der Waals surface area contributed by atoms with E-state index in [4.69, 9.17) is 14.2 Å². The minimum Gasteiger partial charge on any atom is -0.490 e. The number of carbonyl (C=O) groups excluding carboxylic acids is 3. The molecule has 8 nitrogen and oxygen atoms in total. The second-order valence-electron chi connectivity index (χ2n) is 5.48. The standard InChI is InChI=1S/C17H24N2O6/c1-4-23-13-7-5-6-8-14(13)24-11-16(21)25-10-15(20)19-17(22)18-9-12(2)3/h5-8,12H,4,9-11H2,1-3H3,(H2,18,19,20,22). The molecule has 0 saturated heterocycles. The number of rotatable bonds is 9. The fraction of sp³-hybridized carbons (Fsp3) is 0.471. The molecule has 0 saturated carbocycles. The molecule has 0 radical (unpaired) electrons. The molecular weight excluding hydrogens is 328 g/mol. The highest BCUT2D eigenvalue weighted by molar-refractivity contribution is 5.95. The van der Waals surface area contributed by atoms with E-state index in [2.05, 4.69) is 10.6 Å². The van der Waals surface area contributed by atoms with Gasteiger partial charge in [0.1, 0.15) is 0 Å². The minimum absolute atomic E-state index is 0.260. The quantitative estimate of drug-likeness (QED) is 0.653. The van der Waals surface area contributed by atoms with Gasteiger partial charge in [-0.3, -0.25) is 10.1 Å². The van der Waals surface area contributed by atoms with E-state index in [0.717, 1.165) is 0 Å². The van der Waals surface area contributed by atoms with Crippen LogP contribution in [0.4, 0.5) is 4.79 Å². The fourth-order valence-electron chi connectivity index (χ4n) is 1.67. The highest BCUT2D eigenvalue weighted by Gasteiger charge is 2.12. The molecule has 0 spiro atoms. The van der Waals surface area contributed by atoms with Crippen molar-refractivity contribution in [3.63, 3.8) is 0 Å². The lowest BCUT2D eigenvalue weighted by atomic mass is 10.2. The summed E-state index contributed by atoms with van der Waals surface area (Å²) in [5.41, 5.74) is 0. The van der Waals surface area contributed by atoms with Crippen molar-refractivity contribution >= 4 is 17.9 Å². The van der Waals surface area contributed by atoms with Gasteiger partial charge in [-0.25, -0.2) is 9.59 Å². The van der Waals surface area contributed by atoms with Crippen LogP contribution in [0.15, 0.2) is 24.3 Å². The highest BCUT2D eigenvalue weighted by atomic mass is 16.6. The normalized spacial score (nSPS) is 10.1. The zero-order chi connectivity index (χ0) is 18.7. The van der Waals surface area contributed by atoms with Crippen LogP contribution in [-0.4, -0.2) is 44.3 Å². The van der Waals surface area contributed by atoms with Crippen LogP contribution in [-0.2, 0) is 14.3 Å². The third-order valence-corrected chi connectivity index (χ3v) is 2.78. The van der Waals surface area contributed by atoms with Gasteiger partial charge in [-0.05, 0) is 25.0 Å². The zero-order valence-electron chi connectivity index (χ0n) is 14.7. The maximum Gasteiger partial charge on any atom is 0.344 e. The van der Waals surface area contributed by atoms with Gasteiger partial charge in [0.05, 0.1) is 6.61 Å². The van der Waals surface area contributed by atoms with Gasteiger partial charge in [0, 0.05) is 6.54 Å². The number of benzene rings is 1. The fourth-order valence-corrected chi connectivity index (χ4v) is 1.67. The topological polar surface area (TPSA) is 103 Å². The number of esters is 1. The van der Waals surface area contributed by atoms with E-state index in [1.807, 2.05) is 20.8 Å². The number of hydrogen-bond donors (Lipinski definition) is 2. The Morgan fingerprint density at radius 2 is 1.68 bits per heavy atom. The first kappa shape index (κ1) is 20.3. The Kier molecular flexibility index (Phi) is 8.84. The van der Waals surface area contributed by atoms with E-state index >= 15 is 0 Å². The van der Waals surface area contributed by atoms with Gasteiger partial charge in [-0.2, -0.15) is 0 Å². The van der Waals surface area contributed by atoms with Crippen LogP contribution in [0.3, 0.4) is 0 Å². The summed E-state index contributed by atoms with van der Waals surface area (Å²) < 4.78 is 15.4. The Labute approximate surface area is 146 Å². The number of ether oxygens (including phenoxy) is 3. The molecule has 1 rings (SSSR count). The van der Waals surface area contributed by atoms with E-state index in [-0.39, 0.29) is 12.5 Å². The van der Waals surface area contributed by atoms with Crippen LogP contribution in [0.2, 0.25) is 0 Å². The Bertz CT molecular complexity index is 588. The van der Waals surface area contributed by atoms with Crippen LogP contribution >= 0.6 is 0 Å². The average molecular weight is 352 g/mol. The maximum absolute atomic E-state index is 11.6. The lowest BCUT2D eigenvalue weighted by Crippen LogP contribution is -2.42. The average Bonchev–Trinajstić information content (AvgIpc) is 2.57. The Balaban J connectivity index is 2.31. The van der Waals surface area contributed by atoms with Crippen LogP contribution in [0.1, 0.15) is 20.8 Å². The third kappa shape index (κ3) is 8.59. The van der Waals surface area contributed by atoms with Crippen molar-refractivity contribution in [2.45, 2.75) is 20.8 Å². The number of hydrogen-bond acceptors (Lipinski definition) is 6. The lowest BCUT2D eigenvalue weighted by Gasteiger charge is -2.11. The van der Waals surface area contributed by atoms with Crippen molar-refractivity contribution in [3.8, 4) is 11.5 Å². The molecule has 0 atom stereocenters. The molecule has 0 aromatic heterocycles. The first-order valence-corrected chi connectivity index (χ1v) is 8.00. The van der Waals surface area contributed by atoms with Crippen molar-refractivity contribution in [3.05, 3.63) is 24.3 Å². The number of imide groups is 1. The number of para-hydroxylation sites is 2. The van der Waals surface area contributed by atoms with Gasteiger partial charge in [0.2, 0.25) is 0 Å². The van der Waals surface area contributed by atoms with Crippen LogP contribution in [0.25, 0.3) is 0 Å². The summed E-state index contributed by atoms with van der Waals surface area (Å²) in [6, 6.07) is 6.27. The summed E-state index contributed by atoms with van der Waals surface area (Å²) in [7, 11) is 0. The number of nitrogens with one attached hydrogen (secondary N) is 2. The molecule has 0 unspecified atom stereocenters. The third-order valence-electron chi connectivity index (χ3n) is 2.78. The molecule has 0 aliphatic rings. The molecule has 8 heteroatoms. The first-order valence-electron chi connectivity index (χ1n) is 8.00. The molecular formula is C17H24N2O6. The minimum atomic E-state index is -0.732. The smallest absolute Gasteiger partial charge is 0.344 e. The maximum atomic E-state index is 11.6. The second kappa shape index (κ2) is 10.9. The predicted octanol–water partition coefficient (Wildman–Crippen LogP) is 1.49. The summed E-state index contributed by atoms with van der Waals surface area (Å²) in [4.78, 5) is 34.5. The molecule has 0 aliphatic carbocycles. The monoisotopic (exact) mass is 352 g/mol. The molecule has 25 heavy (non-hydrogen) atoms.